The van der Waals surface area contributed by atoms with E-state index in [4.69, 9.17) is 15.2 Å². The number of rotatable bonds is 8. The number of aromatic nitrogens is 4. The number of fused-ring (bicyclic) bond motifs is 1. The molecule has 3 heterocycles. The van der Waals surface area contributed by atoms with E-state index in [1.165, 1.54) is 23.8 Å². The van der Waals surface area contributed by atoms with Gasteiger partial charge in [-0.05, 0) is 80.0 Å². The van der Waals surface area contributed by atoms with E-state index in [2.05, 4.69) is 32.6 Å². The van der Waals surface area contributed by atoms with Gasteiger partial charge in [0.15, 0.2) is 0 Å². The highest BCUT2D eigenvalue weighted by Crippen LogP contribution is 2.39. The average Bonchev–Trinajstić information content (AvgIpc) is 3.35. The molecule has 3 aromatic heterocycles. The van der Waals surface area contributed by atoms with Gasteiger partial charge in [-0.25, -0.2) is 18.6 Å². The lowest BCUT2D eigenvalue weighted by molar-refractivity contribution is 0.0654. The Morgan fingerprint density at radius 1 is 1.17 bits per heavy atom. The third-order valence-electron chi connectivity index (χ3n) is 7.62. The molecule has 4 unspecified atom stereocenters. The van der Waals surface area contributed by atoms with Crippen LogP contribution in [-0.4, -0.2) is 51.0 Å². The topological polar surface area (TPSA) is 129 Å². The first-order chi connectivity index (χ1) is 20.1. The van der Waals surface area contributed by atoms with E-state index in [1.54, 1.807) is 30.7 Å². The van der Waals surface area contributed by atoms with Gasteiger partial charge in [-0.1, -0.05) is 6.92 Å². The van der Waals surface area contributed by atoms with Crippen LogP contribution in [0.15, 0.2) is 48.9 Å². The number of nitrogens with two attached hydrogens (primary N) is 1. The zero-order chi connectivity index (χ0) is 30.0. The van der Waals surface area contributed by atoms with Crippen molar-refractivity contribution in [1.29, 1.82) is 0 Å². The van der Waals surface area contributed by atoms with Crippen molar-refractivity contribution in [3.8, 4) is 11.3 Å². The number of nitrogens with one attached hydrogen (secondary N) is 2. The number of alkyl carbamates (subject to hydrolysis) is 1. The third-order valence-corrected chi connectivity index (χ3v) is 7.62. The van der Waals surface area contributed by atoms with Crippen molar-refractivity contribution in [2.45, 2.75) is 64.3 Å². The van der Waals surface area contributed by atoms with E-state index >= 15 is 8.78 Å². The summed E-state index contributed by atoms with van der Waals surface area (Å²) in [7, 11) is 1.33. The second-order valence-corrected chi connectivity index (χ2v) is 11.0. The fourth-order valence-corrected chi connectivity index (χ4v) is 5.59. The Morgan fingerprint density at radius 2 is 1.93 bits per heavy atom. The molecule has 222 valence electrons. The molecule has 1 amide bonds. The van der Waals surface area contributed by atoms with E-state index in [-0.39, 0.29) is 47.9 Å². The first kappa shape index (κ1) is 29.3. The minimum absolute atomic E-state index is 0.0638. The van der Waals surface area contributed by atoms with Crippen LogP contribution in [-0.2, 0) is 16.1 Å². The van der Waals surface area contributed by atoms with Crippen molar-refractivity contribution in [3.63, 3.8) is 0 Å². The van der Waals surface area contributed by atoms with Gasteiger partial charge in [-0.3, -0.25) is 4.98 Å². The Bertz CT molecular complexity index is 1540. The summed E-state index contributed by atoms with van der Waals surface area (Å²) in [4.78, 5) is 20.6. The van der Waals surface area contributed by atoms with Gasteiger partial charge >= 0.3 is 6.09 Å². The number of pyridine rings is 1. The molecule has 0 aliphatic heterocycles. The number of carbonyl (C=O) groups excluding carboxylic acids is 1. The predicted molar refractivity (Wildman–Crippen MR) is 154 cm³/mol. The zero-order valence-electron chi connectivity index (χ0n) is 24.0. The molecule has 5 rings (SSSR count). The molecule has 1 aliphatic carbocycles. The Labute approximate surface area is 242 Å². The van der Waals surface area contributed by atoms with E-state index < -0.39 is 17.7 Å². The number of hydrogen-bond acceptors (Lipinski definition) is 8. The van der Waals surface area contributed by atoms with Crippen LogP contribution in [0.25, 0.3) is 16.8 Å². The molecule has 4 atom stereocenters. The molecule has 1 fully saturated rings. The molecule has 10 nitrogen and oxygen atoms in total. The first-order valence-electron chi connectivity index (χ1n) is 13.9. The normalized spacial score (nSPS) is 20.6. The Morgan fingerprint density at radius 3 is 2.62 bits per heavy atom. The number of halogens is 2. The molecule has 0 spiro atoms. The quantitative estimate of drug-likeness (QED) is 0.256. The van der Waals surface area contributed by atoms with Gasteiger partial charge in [0.05, 0.1) is 54.7 Å². The summed E-state index contributed by atoms with van der Waals surface area (Å²) in [6.45, 7) is 5.87. The van der Waals surface area contributed by atoms with Crippen molar-refractivity contribution < 1.29 is 23.0 Å². The van der Waals surface area contributed by atoms with Gasteiger partial charge < -0.3 is 25.8 Å². The minimum Gasteiger partial charge on any atom is -0.453 e. The van der Waals surface area contributed by atoms with Gasteiger partial charge in [-0.2, -0.15) is 9.61 Å². The lowest BCUT2D eigenvalue weighted by Crippen LogP contribution is -2.54. The number of ether oxygens (including phenoxy) is 2. The fraction of sp³-hybridized carbons (Fsp3) is 0.400. The monoisotopic (exact) mass is 579 g/mol. The van der Waals surface area contributed by atoms with Gasteiger partial charge in [0.2, 0.25) is 5.95 Å². The number of carbonyl (C=O) groups is 1. The largest absolute Gasteiger partial charge is 0.453 e. The second kappa shape index (κ2) is 12.4. The van der Waals surface area contributed by atoms with E-state index in [0.717, 1.165) is 12.0 Å². The SMILES string of the molecule is COC(=O)NC1C(C)CC(c2ccncc2Nc2ncc3ccc(-c4c(F)cc(COC(C)C)cc4F)nn23)CC1N. The maximum absolute atomic E-state index is 15.1. The number of amides is 1. The lowest BCUT2D eigenvalue weighted by atomic mass is 9.73. The van der Waals surface area contributed by atoms with Crippen LogP contribution in [0.2, 0.25) is 0 Å². The van der Waals surface area contributed by atoms with Crippen molar-refractivity contribution in [2.75, 3.05) is 12.4 Å². The molecular formula is C30H35F2N7O3. The summed E-state index contributed by atoms with van der Waals surface area (Å²) in [5, 5.41) is 10.7. The molecule has 1 aromatic carbocycles. The van der Waals surface area contributed by atoms with Gasteiger partial charge in [-0.15, -0.1) is 0 Å². The van der Waals surface area contributed by atoms with Crippen LogP contribution in [0, 0.1) is 17.6 Å². The highest BCUT2D eigenvalue weighted by atomic mass is 19.1. The zero-order valence-corrected chi connectivity index (χ0v) is 24.0. The van der Waals surface area contributed by atoms with Crippen molar-refractivity contribution in [1.82, 2.24) is 24.9 Å². The molecule has 0 radical (unpaired) electrons. The number of benzene rings is 1. The number of hydrogen-bond donors (Lipinski definition) is 3. The summed E-state index contributed by atoms with van der Waals surface area (Å²) in [6, 6.07) is 7.25. The van der Waals surface area contributed by atoms with Crippen LogP contribution in [0.3, 0.4) is 0 Å². The maximum Gasteiger partial charge on any atom is 0.407 e. The summed E-state index contributed by atoms with van der Waals surface area (Å²) < 4.78 is 42.0. The molecule has 12 heteroatoms. The summed E-state index contributed by atoms with van der Waals surface area (Å²) in [5.41, 5.74) is 9.14. The smallest absolute Gasteiger partial charge is 0.407 e. The highest BCUT2D eigenvalue weighted by molar-refractivity contribution is 5.68. The van der Waals surface area contributed by atoms with Crippen molar-refractivity contribution in [2.24, 2.45) is 11.7 Å². The van der Waals surface area contributed by atoms with Crippen LogP contribution >= 0.6 is 0 Å². The number of imidazole rings is 1. The van der Waals surface area contributed by atoms with Crippen LogP contribution in [0.5, 0.6) is 0 Å². The standard InChI is InChI=1S/C30H35F2N7O3/c1-16(2)42-15-18-10-22(31)27(23(32)11-18)25-6-5-20-13-35-29(39(20)38-25)36-26-14-34-8-7-21(26)19-9-17(3)28(24(33)12-19)37-30(40)41-4/h5-8,10-11,13-14,16-17,19,24,28H,9,12,15,33H2,1-4H3,(H,35,36)(H,37,40). The number of nitrogens with zero attached hydrogens (tertiary/aromatic N) is 4. The Kier molecular flexibility index (Phi) is 8.64. The second-order valence-electron chi connectivity index (χ2n) is 11.0. The van der Waals surface area contributed by atoms with Crippen molar-refractivity contribution in [3.05, 3.63) is 71.7 Å². The molecule has 1 aliphatic rings. The summed E-state index contributed by atoms with van der Waals surface area (Å²) in [6.07, 6.45) is 5.90. The number of methoxy groups -OCH3 is 1. The van der Waals surface area contributed by atoms with Crippen LogP contribution in [0.1, 0.15) is 50.7 Å². The van der Waals surface area contributed by atoms with E-state index in [1.807, 2.05) is 19.9 Å². The molecule has 0 bridgehead atoms. The van der Waals surface area contributed by atoms with Gasteiger partial charge in [0.1, 0.15) is 11.6 Å². The summed E-state index contributed by atoms with van der Waals surface area (Å²) >= 11 is 0. The molecule has 4 N–H and O–H groups in total. The highest BCUT2D eigenvalue weighted by Gasteiger charge is 2.36. The number of anilines is 2. The van der Waals surface area contributed by atoms with Gasteiger partial charge in [0, 0.05) is 18.3 Å². The predicted octanol–water partition coefficient (Wildman–Crippen LogP) is 5.30. The Hall–Kier alpha value is -4.16. The van der Waals surface area contributed by atoms with Crippen LogP contribution < -0.4 is 16.4 Å². The van der Waals surface area contributed by atoms with Crippen molar-refractivity contribution >= 4 is 23.2 Å². The first-order valence-corrected chi connectivity index (χ1v) is 13.9. The fourth-order valence-electron chi connectivity index (χ4n) is 5.59. The van der Waals surface area contributed by atoms with Gasteiger partial charge in [0.25, 0.3) is 0 Å². The maximum atomic E-state index is 15.1. The van der Waals surface area contributed by atoms with E-state index in [9.17, 15) is 4.79 Å². The van der Waals surface area contributed by atoms with E-state index in [0.29, 0.717) is 29.1 Å². The minimum atomic E-state index is -0.726. The Balaban J connectivity index is 1.41. The summed E-state index contributed by atoms with van der Waals surface area (Å²) in [5.74, 6) is -0.898. The van der Waals surface area contributed by atoms with Crippen LogP contribution in [0.4, 0.5) is 25.2 Å². The molecule has 42 heavy (non-hydrogen) atoms. The molecular weight excluding hydrogens is 544 g/mol. The average molecular weight is 580 g/mol. The molecule has 1 saturated carbocycles. The molecule has 4 aromatic rings. The molecule has 0 saturated heterocycles. The lowest BCUT2D eigenvalue weighted by Gasteiger charge is -2.39. The third kappa shape index (κ3) is 6.19.